The molecule has 0 saturated carbocycles. The summed E-state index contributed by atoms with van der Waals surface area (Å²) in [7, 11) is 4.22. The molecule has 1 aliphatic heterocycles. The van der Waals surface area contributed by atoms with Gasteiger partial charge in [0.15, 0.2) is 0 Å². The molecule has 0 spiro atoms. The third-order valence-corrected chi connectivity index (χ3v) is 3.79. The van der Waals surface area contributed by atoms with Gasteiger partial charge in [-0.25, -0.2) is 0 Å². The van der Waals surface area contributed by atoms with Crippen molar-refractivity contribution in [3.63, 3.8) is 0 Å². The highest BCUT2D eigenvalue weighted by Gasteiger charge is 2.17. The average Bonchev–Trinajstić information content (AvgIpc) is 2.65. The van der Waals surface area contributed by atoms with Gasteiger partial charge >= 0.3 is 0 Å². The molecule has 0 N–H and O–H groups in total. The van der Waals surface area contributed by atoms with E-state index in [1.54, 1.807) is 0 Å². The Bertz CT molecular complexity index is 618. The van der Waals surface area contributed by atoms with Crippen molar-refractivity contribution in [1.29, 1.82) is 0 Å². The SMILES string of the molecule is CN(C)CC/C=C1\c2ccccc2COc2ccccc21.Cl.Cl. The van der Waals surface area contributed by atoms with Gasteiger partial charge < -0.3 is 9.64 Å². The van der Waals surface area contributed by atoms with Crippen LogP contribution in [0.4, 0.5) is 0 Å². The maximum atomic E-state index is 5.98. The molecule has 1 heterocycles. The van der Waals surface area contributed by atoms with Gasteiger partial charge in [-0.05, 0) is 43.3 Å². The summed E-state index contributed by atoms with van der Waals surface area (Å²) in [6, 6.07) is 16.9. The average molecular weight is 352 g/mol. The van der Waals surface area contributed by atoms with Crippen molar-refractivity contribution in [2.75, 3.05) is 20.6 Å². The molecule has 23 heavy (non-hydrogen) atoms. The van der Waals surface area contributed by atoms with Crippen molar-refractivity contribution in [3.05, 3.63) is 71.3 Å². The molecule has 0 radical (unpaired) electrons. The van der Waals surface area contributed by atoms with Crippen LogP contribution in [0.15, 0.2) is 54.6 Å². The van der Waals surface area contributed by atoms with Gasteiger partial charge in [0.1, 0.15) is 12.4 Å². The Hall–Kier alpha value is -1.48. The fourth-order valence-corrected chi connectivity index (χ4v) is 2.71. The number of nitrogens with zero attached hydrogens (tertiary/aromatic N) is 1. The summed E-state index contributed by atoms with van der Waals surface area (Å²) in [6.07, 6.45) is 3.37. The molecule has 0 amide bonds. The van der Waals surface area contributed by atoms with Crippen molar-refractivity contribution in [2.24, 2.45) is 0 Å². The molecule has 0 aliphatic carbocycles. The maximum absolute atomic E-state index is 5.98. The molecule has 3 rings (SSSR count). The lowest BCUT2D eigenvalue weighted by Crippen LogP contribution is -2.12. The van der Waals surface area contributed by atoms with Gasteiger partial charge in [-0.15, -0.1) is 24.8 Å². The van der Waals surface area contributed by atoms with Crippen LogP contribution >= 0.6 is 24.8 Å². The molecule has 124 valence electrons. The van der Waals surface area contributed by atoms with E-state index in [4.69, 9.17) is 4.74 Å². The molecule has 4 heteroatoms. The van der Waals surface area contributed by atoms with Crippen molar-refractivity contribution in [1.82, 2.24) is 4.90 Å². The zero-order valence-corrected chi connectivity index (χ0v) is 15.1. The predicted octanol–water partition coefficient (Wildman–Crippen LogP) is 4.81. The van der Waals surface area contributed by atoms with E-state index < -0.39 is 0 Å². The van der Waals surface area contributed by atoms with Crippen LogP contribution in [0.1, 0.15) is 23.1 Å². The van der Waals surface area contributed by atoms with E-state index in [9.17, 15) is 0 Å². The summed E-state index contributed by atoms with van der Waals surface area (Å²) in [5, 5.41) is 0. The third-order valence-electron chi connectivity index (χ3n) is 3.79. The highest BCUT2D eigenvalue weighted by Crippen LogP contribution is 2.36. The van der Waals surface area contributed by atoms with Crippen LogP contribution in [0.2, 0.25) is 0 Å². The van der Waals surface area contributed by atoms with E-state index >= 15 is 0 Å². The van der Waals surface area contributed by atoms with Gasteiger partial charge in [0.25, 0.3) is 0 Å². The largest absolute Gasteiger partial charge is 0.488 e. The summed E-state index contributed by atoms with van der Waals surface area (Å²) in [5.41, 5.74) is 5.03. The zero-order chi connectivity index (χ0) is 14.7. The highest BCUT2D eigenvalue weighted by molar-refractivity contribution is 5.86. The summed E-state index contributed by atoms with van der Waals surface area (Å²) in [5.74, 6) is 0.977. The number of hydrogen-bond donors (Lipinski definition) is 0. The van der Waals surface area contributed by atoms with E-state index in [-0.39, 0.29) is 24.8 Å². The highest BCUT2D eigenvalue weighted by atomic mass is 35.5. The molecule has 0 saturated heterocycles. The molecule has 0 fully saturated rings. The second kappa shape index (κ2) is 8.97. The molecule has 0 bridgehead atoms. The number of rotatable bonds is 3. The molecular weight excluding hydrogens is 329 g/mol. The van der Waals surface area contributed by atoms with Crippen LogP contribution in [-0.2, 0) is 6.61 Å². The molecule has 0 aromatic heterocycles. The molecule has 0 atom stereocenters. The van der Waals surface area contributed by atoms with Gasteiger partial charge in [-0.1, -0.05) is 48.5 Å². The second-order valence-electron chi connectivity index (χ2n) is 5.65. The number of ether oxygens (including phenoxy) is 1. The zero-order valence-electron chi connectivity index (χ0n) is 13.5. The first-order valence-corrected chi connectivity index (χ1v) is 7.41. The van der Waals surface area contributed by atoms with Crippen molar-refractivity contribution >= 4 is 30.4 Å². The van der Waals surface area contributed by atoms with Gasteiger partial charge in [0.2, 0.25) is 0 Å². The lowest BCUT2D eigenvalue weighted by molar-refractivity contribution is 0.307. The predicted molar refractivity (Wildman–Crippen MR) is 102 cm³/mol. The first-order chi connectivity index (χ1) is 10.3. The van der Waals surface area contributed by atoms with Crippen LogP contribution < -0.4 is 4.74 Å². The van der Waals surface area contributed by atoms with Crippen molar-refractivity contribution < 1.29 is 4.74 Å². The van der Waals surface area contributed by atoms with E-state index in [0.29, 0.717) is 6.61 Å². The topological polar surface area (TPSA) is 12.5 Å². The van der Waals surface area contributed by atoms with E-state index in [0.717, 1.165) is 18.7 Å². The fourth-order valence-electron chi connectivity index (χ4n) is 2.71. The Morgan fingerprint density at radius 2 is 1.61 bits per heavy atom. The second-order valence-corrected chi connectivity index (χ2v) is 5.65. The van der Waals surface area contributed by atoms with Crippen LogP contribution in [0.25, 0.3) is 5.57 Å². The van der Waals surface area contributed by atoms with E-state index in [1.165, 1.54) is 22.3 Å². The molecule has 2 aromatic carbocycles. The van der Waals surface area contributed by atoms with Crippen molar-refractivity contribution in [3.8, 4) is 5.75 Å². The van der Waals surface area contributed by atoms with Gasteiger partial charge in [-0.3, -0.25) is 0 Å². The first kappa shape index (κ1) is 19.6. The number of benzene rings is 2. The molecule has 1 aliphatic rings. The molecule has 2 aromatic rings. The first-order valence-electron chi connectivity index (χ1n) is 7.41. The Balaban J connectivity index is 0.00000132. The lowest BCUT2D eigenvalue weighted by Gasteiger charge is -2.12. The Labute approximate surface area is 151 Å². The molecular formula is C19H23Cl2NO. The standard InChI is InChI=1S/C19H21NO.2ClH/c1-20(2)13-7-11-17-16-9-4-3-8-15(16)14-21-19-12-6-5-10-18(17)19;;/h3-6,8-12H,7,13-14H2,1-2H3;2*1H/b17-11+;;. The minimum atomic E-state index is 0. The van der Waals surface area contributed by atoms with E-state index in [2.05, 4.69) is 67.5 Å². The number of hydrogen-bond acceptors (Lipinski definition) is 2. The minimum Gasteiger partial charge on any atom is -0.488 e. The summed E-state index contributed by atoms with van der Waals surface area (Å²) in [4.78, 5) is 2.21. The van der Waals surface area contributed by atoms with Gasteiger partial charge in [0.05, 0.1) is 0 Å². The minimum absolute atomic E-state index is 0. The molecule has 0 unspecified atom stereocenters. The summed E-state index contributed by atoms with van der Waals surface area (Å²) < 4.78 is 5.98. The Morgan fingerprint density at radius 3 is 2.35 bits per heavy atom. The Morgan fingerprint density at radius 1 is 0.957 bits per heavy atom. The monoisotopic (exact) mass is 351 g/mol. The number of halogens is 2. The van der Waals surface area contributed by atoms with Crippen LogP contribution in [0.3, 0.4) is 0 Å². The summed E-state index contributed by atoms with van der Waals surface area (Å²) >= 11 is 0. The quantitative estimate of drug-likeness (QED) is 0.786. The van der Waals surface area contributed by atoms with Crippen LogP contribution in [0.5, 0.6) is 5.75 Å². The number of para-hydroxylation sites is 1. The van der Waals surface area contributed by atoms with Crippen LogP contribution in [0, 0.1) is 0 Å². The Kier molecular flexibility index (Phi) is 7.63. The maximum Gasteiger partial charge on any atom is 0.127 e. The third kappa shape index (κ3) is 4.51. The molecule has 2 nitrogen and oxygen atoms in total. The smallest absolute Gasteiger partial charge is 0.127 e. The number of fused-ring (bicyclic) bond motifs is 2. The van der Waals surface area contributed by atoms with Gasteiger partial charge in [-0.2, -0.15) is 0 Å². The lowest BCUT2D eigenvalue weighted by atomic mass is 9.93. The van der Waals surface area contributed by atoms with Crippen LogP contribution in [-0.4, -0.2) is 25.5 Å². The normalized spacial score (nSPS) is 14.0. The van der Waals surface area contributed by atoms with Gasteiger partial charge in [0, 0.05) is 12.1 Å². The van der Waals surface area contributed by atoms with E-state index in [1.807, 2.05) is 6.07 Å². The fraction of sp³-hybridized carbons (Fsp3) is 0.263. The van der Waals surface area contributed by atoms with Crippen molar-refractivity contribution in [2.45, 2.75) is 13.0 Å². The summed E-state index contributed by atoms with van der Waals surface area (Å²) in [6.45, 7) is 1.69.